The van der Waals surface area contributed by atoms with E-state index in [0.717, 1.165) is 0 Å². The molecule has 4 N–H and O–H groups in total. The van der Waals surface area contributed by atoms with E-state index in [1.165, 1.54) is 12.1 Å². The molecule has 8 heteroatoms. The number of aliphatic hydroxyl groups excluding tert-OH is 3. The predicted octanol–water partition coefficient (Wildman–Crippen LogP) is 3.97. The van der Waals surface area contributed by atoms with Gasteiger partial charge in [0.05, 0.1) is 24.7 Å². The Morgan fingerprint density at radius 1 is 0.719 bits per heavy atom. The van der Waals surface area contributed by atoms with Crippen molar-refractivity contribution >= 4 is 10.1 Å². The van der Waals surface area contributed by atoms with Crippen LogP contribution in [0.25, 0.3) is 0 Å². The van der Waals surface area contributed by atoms with E-state index in [-0.39, 0.29) is 24.7 Å². The Bertz CT molecular complexity index is 566. The summed E-state index contributed by atoms with van der Waals surface area (Å²) in [6.07, 6.45) is 7.00. The summed E-state index contributed by atoms with van der Waals surface area (Å²) in [5, 5.41) is 25.5. The fraction of sp³-hybridized carbons (Fsp3) is 0.417. The average Bonchev–Trinajstić information content (AvgIpc) is 2.72. The highest BCUT2D eigenvalue weighted by molar-refractivity contribution is 7.85. The molecule has 0 radical (unpaired) electrons. The van der Waals surface area contributed by atoms with Crippen LogP contribution in [0.15, 0.2) is 85.8 Å². The zero-order valence-electron chi connectivity index (χ0n) is 20.2. The molecule has 0 heterocycles. The Hall–Kier alpha value is -2.07. The van der Waals surface area contributed by atoms with E-state index in [1.807, 2.05) is 27.7 Å². The molecule has 0 aromatic heterocycles. The summed E-state index contributed by atoms with van der Waals surface area (Å²) < 4.78 is 29.2. The van der Waals surface area contributed by atoms with Crippen LogP contribution in [0.5, 0.6) is 0 Å². The summed E-state index contributed by atoms with van der Waals surface area (Å²) in [7, 11) is -4.00. The summed E-state index contributed by atoms with van der Waals surface area (Å²) in [6, 6.07) is 7.42. The normalized spacial score (nSPS) is 8.53. The van der Waals surface area contributed by atoms with Gasteiger partial charge in [0.15, 0.2) is 0 Å². The lowest BCUT2D eigenvalue weighted by Gasteiger charge is -2.17. The zero-order valence-corrected chi connectivity index (χ0v) is 21.0. The van der Waals surface area contributed by atoms with Gasteiger partial charge in [-0.1, -0.05) is 42.5 Å². The molecule has 1 aromatic carbocycles. The predicted molar refractivity (Wildman–Crippen MR) is 137 cm³/mol. The SMILES string of the molecule is C=CC.C=CC.C=CC.C=CC.O=S(=O)(O)c1ccccc1.OCCN(CCO)CCO. The van der Waals surface area contributed by atoms with E-state index in [9.17, 15) is 8.42 Å². The van der Waals surface area contributed by atoms with Crippen molar-refractivity contribution in [3.63, 3.8) is 0 Å². The average molecular weight is 476 g/mol. The molecule has 0 saturated heterocycles. The first-order valence-electron chi connectivity index (χ1n) is 9.97. The Balaban J connectivity index is -0.000000103. The maximum Gasteiger partial charge on any atom is 0.294 e. The first kappa shape index (κ1) is 40.3. The van der Waals surface area contributed by atoms with E-state index in [1.54, 1.807) is 47.4 Å². The minimum atomic E-state index is -4.00. The molecule has 0 unspecified atom stereocenters. The molecular weight excluding hydrogens is 430 g/mol. The van der Waals surface area contributed by atoms with E-state index in [2.05, 4.69) is 26.3 Å². The largest absolute Gasteiger partial charge is 0.395 e. The zero-order chi connectivity index (χ0) is 26.3. The van der Waals surface area contributed by atoms with Crippen LogP contribution in [-0.4, -0.2) is 72.6 Å². The molecule has 1 rings (SSSR count). The maximum atomic E-state index is 10.4. The number of hydrogen-bond acceptors (Lipinski definition) is 6. The van der Waals surface area contributed by atoms with Gasteiger partial charge in [-0.25, -0.2) is 0 Å². The molecule has 188 valence electrons. The van der Waals surface area contributed by atoms with Gasteiger partial charge in [-0.2, -0.15) is 8.42 Å². The summed E-state index contributed by atoms with van der Waals surface area (Å²) in [5.41, 5.74) is 0. The van der Waals surface area contributed by atoms with E-state index in [4.69, 9.17) is 19.9 Å². The van der Waals surface area contributed by atoms with E-state index >= 15 is 0 Å². The lowest BCUT2D eigenvalue weighted by Crippen LogP contribution is -2.32. The van der Waals surface area contributed by atoms with Gasteiger partial charge in [-0.15, -0.1) is 26.3 Å². The molecule has 0 aliphatic rings. The van der Waals surface area contributed by atoms with Gasteiger partial charge < -0.3 is 15.3 Å². The standard InChI is InChI=1S/C6H15NO3.C6H6O3S.4C3H6/c8-4-1-7(2-5-9)3-6-10;7-10(8,9)6-4-2-1-3-5-6;4*1-3-2/h8-10H,1-6H2;1-5H,(H,7,8,9);4*3H,1H2,2H3. The summed E-state index contributed by atoms with van der Waals surface area (Å²) in [5.74, 6) is 0. The van der Waals surface area contributed by atoms with Crippen LogP contribution in [0.4, 0.5) is 0 Å². The molecule has 0 amide bonds. The molecule has 1 aromatic rings. The summed E-state index contributed by atoms with van der Waals surface area (Å²) in [4.78, 5) is 1.72. The minimum Gasteiger partial charge on any atom is -0.395 e. The topological polar surface area (TPSA) is 118 Å². The number of rotatable bonds is 7. The molecule has 0 fully saturated rings. The number of hydrogen-bond donors (Lipinski definition) is 4. The first-order chi connectivity index (χ1) is 15.1. The monoisotopic (exact) mass is 475 g/mol. The van der Waals surface area contributed by atoms with Gasteiger partial charge in [0.1, 0.15) is 0 Å². The van der Waals surface area contributed by atoms with Crippen LogP contribution in [-0.2, 0) is 10.1 Å². The van der Waals surface area contributed by atoms with Crippen LogP contribution < -0.4 is 0 Å². The van der Waals surface area contributed by atoms with Gasteiger partial charge >= 0.3 is 0 Å². The molecule has 0 saturated carbocycles. The fourth-order valence-corrected chi connectivity index (χ4v) is 1.85. The third-order valence-corrected chi connectivity index (χ3v) is 3.16. The van der Waals surface area contributed by atoms with Crippen LogP contribution in [0.3, 0.4) is 0 Å². The quantitative estimate of drug-likeness (QED) is 0.348. The Kier molecular flexibility index (Phi) is 45.7. The van der Waals surface area contributed by atoms with Gasteiger partial charge in [0.25, 0.3) is 10.1 Å². The van der Waals surface area contributed by atoms with Gasteiger partial charge in [0, 0.05) is 19.6 Å². The van der Waals surface area contributed by atoms with Crippen molar-refractivity contribution in [2.75, 3.05) is 39.5 Å². The lowest BCUT2D eigenvalue weighted by molar-refractivity contribution is 0.136. The third kappa shape index (κ3) is 46.2. The molecule has 0 aliphatic carbocycles. The van der Waals surface area contributed by atoms with Crippen molar-refractivity contribution < 1.29 is 28.3 Å². The number of benzene rings is 1. The van der Waals surface area contributed by atoms with Gasteiger partial charge in [-0.3, -0.25) is 9.45 Å². The smallest absolute Gasteiger partial charge is 0.294 e. The van der Waals surface area contributed by atoms with Crippen molar-refractivity contribution in [2.24, 2.45) is 0 Å². The maximum absolute atomic E-state index is 10.4. The van der Waals surface area contributed by atoms with Crippen molar-refractivity contribution in [2.45, 2.75) is 32.6 Å². The summed E-state index contributed by atoms with van der Waals surface area (Å²) in [6.45, 7) is 22.8. The highest BCUT2D eigenvalue weighted by Crippen LogP contribution is 2.05. The Morgan fingerprint density at radius 3 is 1.12 bits per heavy atom. The van der Waals surface area contributed by atoms with Crippen LogP contribution >= 0.6 is 0 Å². The van der Waals surface area contributed by atoms with Crippen molar-refractivity contribution in [3.05, 3.63) is 81.0 Å². The van der Waals surface area contributed by atoms with Crippen LogP contribution in [0.1, 0.15) is 27.7 Å². The number of nitrogens with zero attached hydrogens (tertiary/aromatic N) is 1. The number of allylic oxidation sites excluding steroid dienone is 4. The molecule has 32 heavy (non-hydrogen) atoms. The molecule has 7 nitrogen and oxygen atoms in total. The van der Waals surface area contributed by atoms with Crippen molar-refractivity contribution in [1.29, 1.82) is 0 Å². The minimum absolute atomic E-state index is 0.0694. The number of aliphatic hydroxyl groups is 3. The highest BCUT2D eigenvalue weighted by Gasteiger charge is 2.05. The van der Waals surface area contributed by atoms with Crippen molar-refractivity contribution in [3.8, 4) is 0 Å². The molecule has 0 spiro atoms. The van der Waals surface area contributed by atoms with Gasteiger partial charge in [0.2, 0.25) is 0 Å². The van der Waals surface area contributed by atoms with Crippen molar-refractivity contribution in [1.82, 2.24) is 4.90 Å². The third-order valence-electron chi connectivity index (χ3n) is 2.29. The molecular formula is C24H45NO6S. The second kappa shape index (κ2) is 36.3. The Labute approximate surface area is 196 Å². The highest BCUT2D eigenvalue weighted by atomic mass is 32.2. The molecule has 0 bridgehead atoms. The first-order valence-corrected chi connectivity index (χ1v) is 11.4. The molecule has 0 atom stereocenters. The summed E-state index contributed by atoms with van der Waals surface area (Å²) >= 11 is 0. The molecule has 0 aliphatic heterocycles. The van der Waals surface area contributed by atoms with Crippen LogP contribution in [0.2, 0.25) is 0 Å². The van der Waals surface area contributed by atoms with Crippen LogP contribution in [0, 0.1) is 0 Å². The second-order valence-electron chi connectivity index (χ2n) is 5.43. The van der Waals surface area contributed by atoms with Gasteiger partial charge in [-0.05, 0) is 39.8 Å². The second-order valence-corrected chi connectivity index (χ2v) is 6.86. The van der Waals surface area contributed by atoms with E-state index in [0.29, 0.717) is 19.6 Å². The lowest BCUT2D eigenvalue weighted by atomic mass is 10.4. The Morgan fingerprint density at radius 2 is 0.969 bits per heavy atom. The van der Waals surface area contributed by atoms with E-state index < -0.39 is 10.1 Å². The fourth-order valence-electron chi connectivity index (χ4n) is 1.35.